The first-order valence-corrected chi connectivity index (χ1v) is 14.3. The maximum atomic E-state index is 14.5. The van der Waals surface area contributed by atoms with Crippen molar-refractivity contribution in [2.45, 2.75) is 20.3 Å². The highest BCUT2D eigenvalue weighted by atomic mass is 32.1. The number of benzene rings is 3. The number of carbonyl (C=O) groups is 1. The summed E-state index contributed by atoms with van der Waals surface area (Å²) in [6.45, 7) is 9.10. The molecule has 0 saturated carbocycles. The number of hydrogen-bond acceptors (Lipinski definition) is 6. The molecule has 6 nitrogen and oxygen atoms in total. The first kappa shape index (κ1) is 25.6. The summed E-state index contributed by atoms with van der Waals surface area (Å²) in [7, 11) is 0. The second kappa shape index (κ2) is 11.2. The van der Waals surface area contributed by atoms with Crippen molar-refractivity contribution >= 4 is 43.5 Å². The van der Waals surface area contributed by atoms with Gasteiger partial charge in [-0.1, -0.05) is 65.9 Å². The van der Waals surface area contributed by atoms with Crippen molar-refractivity contribution < 1.29 is 9.53 Å². The van der Waals surface area contributed by atoms with E-state index in [9.17, 15) is 4.79 Å². The van der Waals surface area contributed by atoms with Gasteiger partial charge in [-0.25, -0.2) is 9.97 Å². The van der Waals surface area contributed by atoms with Gasteiger partial charge >= 0.3 is 0 Å². The fourth-order valence-corrected chi connectivity index (χ4v) is 6.46. The van der Waals surface area contributed by atoms with Crippen LogP contribution in [0.25, 0.3) is 32.4 Å². The number of hydrogen-bond donors (Lipinski definition) is 0. The van der Waals surface area contributed by atoms with Crippen LogP contribution in [0, 0.1) is 13.8 Å². The van der Waals surface area contributed by atoms with E-state index in [-0.39, 0.29) is 5.91 Å². The second-order valence-corrected chi connectivity index (χ2v) is 11.1. The fraction of sp³-hybridized carbons (Fsp3) is 0.281. The Labute approximate surface area is 232 Å². The number of amides is 1. The summed E-state index contributed by atoms with van der Waals surface area (Å²) in [6, 6.07) is 24.2. The van der Waals surface area contributed by atoms with Gasteiger partial charge in [0, 0.05) is 37.1 Å². The Morgan fingerprint density at radius 1 is 0.974 bits per heavy atom. The average Bonchev–Trinajstić information content (AvgIpc) is 3.39. The molecular weight excluding hydrogens is 504 g/mol. The predicted molar refractivity (Wildman–Crippen MR) is 160 cm³/mol. The number of carbonyl (C=O) groups excluding carboxylic acids is 1. The lowest BCUT2D eigenvalue weighted by atomic mass is 10.0. The quantitative estimate of drug-likeness (QED) is 0.238. The molecule has 2 aromatic heterocycles. The van der Waals surface area contributed by atoms with Crippen LogP contribution in [0.1, 0.15) is 27.9 Å². The van der Waals surface area contributed by atoms with E-state index in [1.807, 2.05) is 65.6 Å². The van der Waals surface area contributed by atoms with Gasteiger partial charge in [0.15, 0.2) is 5.13 Å². The molecule has 0 aliphatic carbocycles. The van der Waals surface area contributed by atoms with Crippen LogP contribution < -0.4 is 4.90 Å². The van der Waals surface area contributed by atoms with Crippen molar-refractivity contribution in [3.63, 3.8) is 0 Å². The summed E-state index contributed by atoms with van der Waals surface area (Å²) >= 11 is 1.59. The first-order valence-electron chi connectivity index (χ1n) is 13.5. The van der Waals surface area contributed by atoms with Gasteiger partial charge in [-0.15, -0.1) is 0 Å². The molecule has 0 radical (unpaired) electrons. The fourth-order valence-electron chi connectivity index (χ4n) is 5.29. The Bertz CT molecular complexity index is 1630. The first-order chi connectivity index (χ1) is 19.1. The molecule has 0 atom stereocenters. The van der Waals surface area contributed by atoms with E-state index in [0.717, 1.165) is 82.3 Å². The molecule has 0 spiro atoms. The number of aromatic nitrogens is 2. The monoisotopic (exact) mass is 536 g/mol. The Balaban J connectivity index is 1.41. The van der Waals surface area contributed by atoms with E-state index < -0.39 is 0 Å². The van der Waals surface area contributed by atoms with Crippen LogP contribution in [-0.2, 0) is 4.74 Å². The number of anilines is 1. The van der Waals surface area contributed by atoms with Gasteiger partial charge in [0.05, 0.1) is 40.2 Å². The van der Waals surface area contributed by atoms with Gasteiger partial charge in [0.2, 0.25) is 0 Å². The zero-order valence-corrected chi connectivity index (χ0v) is 23.2. The number of fused-ring (bicyclic) bond motifs is 2. The Hall–Kier alpha value is -3.65. The maximum Gasteiger partial charge on any atom is 0.260 e. The molecule has 1 amide bonds. The smallest absolute Gasteiger partial charge is 0.260 e. The summed E-state index contributed by atoms with van der Waals surface area (Å²) < 4.78 is 6.62. The number of ether oxygens (including phenoxy) is 1. The largest absolute Gasteiger partial charge is 0.379 e. The number of nitrogens with zero attached hydrogens (tertiary/aromatic N) is 4. The molecule has 5 aromatic rings. The molecule has 0 unspecified atom stereocenters. The van der Waals surface area contributed by atoms with Crippen molar-refractivity contribution in [1.82, 2.24) is 14.9 Å². The molecule has 3 heterocycles. The lowest BCUT2D eigenvalue weighted by Gasteiger charge is -2.28. The van der Waals surface area contributed by atoms with Crippen molar-refractivity contribution in [2.24, 2.45) is 0 Å². The van der Waals surface area contributed by atoms with Crippen molar-refractivity contribution in [3.8, 4) is 11.3 Å². The number of para-hydroxylation sites is 1. The van der Waals surface area contributed by atoms with Crippen molar-refractivity contribution in [3.05, 3.63) is 89.5 Å². The minimum Gasteiger partial charge on any atom is -0.379 e. The summed E-state index contributed by atoms with van der Waals surface area (Å²) in [5.74, 6) is -0.0406. The van der Waals surface area contributed by atoms with E-state index >= 15 is 0 Å². The predicted octanol–water partition coefficient (Wildman–Crippen LogP) is 6.50. The third-order valence-corrected chi connectivity index (χ3v) is 8.30. The van der Waals surface area contributed by atoms with Crippen LogP contribution in [0.2, 0.25) is 0 Å². The lowest BCUT2D eigenvalue weighted by Crippen LogP contribution is -2.39. The number of aryl methyl sites for hydroxylation is 2. The van der Waals surface area contributed by atoms with Crippen LogP contribution in [0.3, 0.4) is 0 Å². The summed E-state index contributed by atoms with van der Waals surface area (Å²) in [6.07, 6.45) is 0.855. The minimum atomic E-state index is -0.0406. The summed E-state index contributed by atoms with van der Waals surface area (Å²) in [5, 5.41) is 1.60. The summed E-state index contributed by atoms with van der Waals surface area (Å²) in [5.41, 5.74) is 6.55. The highest BCUT2D eigenvalue weighted by Gasteiger charge is 2.25. The summed E-state index contributed by atoms with van der Waals surface area (Å²) in [4.78, 5) is 28.7. The Morgan fingerprint density at radius 2 is 1.74 bits per heavy atom. The second-order valence-electron chi connectivity index (χ2n) is 10.1. The van der Waals surface area contributed by atoms with Gasteiger partial charge in [-0.05, 0) is 49.6 Å². The molecule has 7 heteroatoms. The molecular formula is C32H32N4O2S. The molecule has 0 N–H and O–H groups in total. The molecule has 1 aliphatic heterocycles. The SMILES string of the molecule is Cc1cc(C)c2nc(N(CCCN3CCOCC3)C(=O)c3cc(-c4ccccc4)nc4ccccc34)sc2c1. The van der Waals surface area contributed by atoms with Gasteiger partial charge in [-0.2, -0.15) is 0 Å². The zero-order valence-electron chi connectivity index (χ0n) is 22.4. The highest BCUT2D eigenvalue weighted by molar-refractivity contribution is 7.22. The molecule has 1 saturated heterocycles. The van der Waals surface area contributed by atoms with Gasteiger partial charge in [0.1, 0.15) is 0 Å². The van der Waals surface area contributed by atoms with Crippen LogP contribution in [0.5, 0.6) is 0 Å². The van der Waals surface area contributed by atoms with E-state index in [2.05, 4.69) is 30.9 Å². The minimum absolute atomic E-state index is 0.0406. The van der Waals surface area contributed by atoms with Gasteiger partial charge < -0.3 is 4.74 Å². The number of thiazole rings is 1. The number of rotatable bonds is 7. The molecule has 198 valence electrons. The van der Waals surface area contributed by atoms with E-state index in [0.29, 0.717) is 12.1 Å². The van der Waals surface area contributed by atoms with E-state index in [1.54, 1.807) is 11.3 Å². The van der Waals surface area contributed by atoms with Crippen molar-refractivity contribution in [1.29, 1.82) is 0 Å². The number of pyridine rings is 1. The van der Waals surface area contributed by atoms with Gasteiger partial charge in [-0.3, -0.25) is 14.6 Å². The topological polar surface area (TPSA) is 58.6 Å². The molecule has 0 bridgehead atoms. The van der Waals surface area contributed by atoms with Crippen LogP contribution in [0.15, 0.2) is 72.8 Å². The lowest BCUT2D eigenvalue weighted by molar-refractivity contribution is 0.0376. The third kappa shape index (κ3) is 5.43. The molecule has 1 fully saturated rings. The zero-order chi connectivity index (χ0) is 26.8. The molecule has 39 heavy (non-hydrogen) atoms. The normalized spacial score (nSPS) is 14.2. The standard InChI is InChI=1S/C32H32N4O2S/c1-22-19-23(2)30-29(20-22)39-32(34-30)36(14-8-13-35-15-17-38-18-16-35)31(37)26-21-28(24-9-4-3-5-10-24)33-27-12-7-6-11-25(26)27/h3-7,9-12,19-21H,8,13-18H2,1-2H3. The van der Waals surface area contributed by atoms with Crippen molar-refractivity contribution in [2.75, 3.05) is 44.3 Å². The molecule has 6 rings (SSSR count). The van der Waals surface area contributed by atoms with E-state index in [1.165, 1.54) is 5.56 Å². The molecule has 3 aromatic carbocycles. The maximum absolute atomic E-state index is 14.5. The Morgan fingerprint density at radius 3 is 2.56 bits per heavy atom. The molecule has 1 aliphatic rings. The van der Waals surface area contributed by atoms with E-state index in [4.69, 9.17) is 14.7 Å². The average molecular weight is 537 g/mol. The van der Waals surface area contributed by atoms with Crippen LogP contribution >= 0.6 is 11.3 Å². The number of morpholine rings is 1. The highest BCUT2D eigenvalue weighted by Crippen LogP contribution is 2.34. The third-order valence-electron chi connectivity index (χ3n) is 7.27. The van der Waals surface area contributed by atoms with Crippen LogP contribution in [-0.4, -0.2) is 60.2 Å². The van der Waals surface area contributed by atoms with Crippen LogP contribution in [0.4, 0.5) is 5.13 Å². The van der Waals surface area contributed by atoms with Gasteiger partial charge in [0.25, 0.3) is 5.91 Å². The Kier molecular flexibility index (Phi) is 7.37.